The summed E-state index contributed by atoms with van der Waals surface area (Å²) in [4.78, 5) is 28.8. The molecule has 0 saturated carbocycles. The molecule has 0 atom stereocenters. The Balaban J connectivity index is 2.03. The number of aryl methyl sites for hydroxylation is 2. The van der Waals surface area contributed by atoms with Crippen molar-refractivity contribution in [2.24, 2.45) is 0 Å². The van der Waals surface area contributed by atoms with Crippen LogP contribution in [0.3, 0.4) is 0 Å². The molecule has 2 rings (SSSR count). The van der Waals surface area contributed by atoms with Crippen LogP contribution in [0.1, 0.15) is 43.1 Å². The first-order chi connectivity index (χ1) is 10.0. The zero-order valence-electron chi connectivity index (χ0n) is 11.8. The predicted molar refractivity (Wildman–Crippen MR) is 80.8 cm³/mol. The van der Waals surface area contributed by atoms with Gasteiger partial charge in [0.1, 0.15) is 0 Å². The Morgan fingerprint density at radius 3 is 2.76 bits per heavy atom. The van der Waals surface area contributed by atoms with Gasteiger partial charge in [-0.25, -0.2) is 4.79 Å². The maximum atomic E-state index is 12.1. The molecule has 0 aliphatic heterocycles. The van der Waals surface area contributed by atoms with Crippen molar-refractivity contribution in [3.63, 3.8) is 0 Å². The minimum absolute atomic E-state index is 0.162. The molecule has 1 amide bonds. The second-order valence-electron chi connectivity index (χ2n) is 4.57. The number of carbonyl (C=O) groups is 2. The molecule has 0 fully saturated rings. The topological polar surface area (TPSA) is 79.3 Å². The van der Waals surface area contributed by atoms with Crippen LogP contribution < -0.4 is 5.32 Å². The third kappa shape index (κ3) is 3.66. The van der Waals surface area contributed by atoms with Crippen LogP contribution in [0.4, 0.5) is 0 Å². The van der Waals surface area contributed by atoms with Crippen molar-refractivity contribution in [1.82, 2.24) is 10.3 Å². The van der Waals surface area contributed by atoms with Gasteiger partial charge in [-0.2, -0.15) is 0 Å². The van der Waals surface area contributed by atoms with Crippen molar-refractivity contribution in [2.75, 3.05) is 0 Å². The zero-order chi connectivity index (χ0) is 15.4. The summed E-state index contributed by atoms with van der Waals surface area (Å²) in [6.45, 7) is 4.26. The van der Waals surface area contributed by atoms with Gasteiger partial charge in [-0.05, 0) is 37.1 Å². The molecule has 110 valence electrons. The van der Waals surface area contributed by atoms with Crippen LogP contribution in [-0.4, -0.2) is 22.0 Å². The van der Waals surface area contributed by atoms with Gasteiger partial charge < -0.3 is 10.4 Å². The normalized spacial score (nSPS) is 10.4. The molecular formula is C15H16N2O3S. The molecule has 2 aromatic heterocycles. The smallest absolute Gasteiger partial charge is 0.335 e. The Kier molecular flexibility index (Phi) is 4.70. The molecular weight excluding hydrogens is 288 g/mol. The maximum absolute atomic E-state index is 12.1. The van der Waals surface area contributed by atoms with Gasteiger partial charge in [0.15, 0.2) is 0 Å². The highest BCUT2D eigenvalue weighted by molar-refractivity contribution is 7.14. The predicted octanol–water partition coefficient (Wildman–Crippen LogP) is 2.64. The molecule has 5 nitrogen and oxygen atoms in total. The van der Waals surface area contributed by atoms with Crippen molar-refractivity contribution in [1.29, 1.82) is 0 Å². The SMILES string of the molecule is CCc1cc(C(=O)NCc2cc(C(=O)O)ccn2)sc1C. The lowest BCUT2D eigenvalue weighted by Gasteiger charge is -2.04. The van der Waals surface area contributed by atoms with Crippen LogP contribution in [-0.2, 0) is 13.0 Å². The zero-order valence-corrected chi connectivity index (χ0v) is 12.7. The standard InChI is InChI=1S/C15H16N2O3S/c1-3-10-7-13(21-9(10)2)14(18)17-8-12-6-11(15(19)20)4-5-16-12/h4-7H,3,8H2,1-2H3,(H,17,18)(H,19,20). The Morgan fingerprint density at radius 1 is 1.38 bits per heavy atom. The van der Waals surface area contributed by atoms with Gasteiger partial charge in [-0.1, -0.05) is 6.92 Å². The van der Waals surface area contributed by atoms with E-state index in [2.05, 4.69) is 17.2 Å². The van der Waals surface area contributed by atoms with Crippen LogP contribution >= 0.6 is 11.3 Å². The van der Waals surface area contributed by atoms with Crippen LogP contribution in [0.5, 0.6) is 0 Å². The maximum Gasteiger partial charge on any atom is 0.335 e. The number of hydrogen-bond donors (Lipinski definition) is 2. The molecule has 6 heteroatoms. The first-order valence-electron chi connectivity index (χ1n) is 6.57. The Labute approximate surface area is 126 Å². The van der Waals surface area contributed by atoms with E-state index in [0.29, 0.717) is 10.6 Å². The Bertz CT molecular complexity index is 679. The minimum Gasteiger partial charge on any atom is -0.478 e. The summed E-state index contributed by atoms with van der Waals surface area (Å²) in [6.07, 6.45) is 2.33. The molecule has 21 heavy (non-hydrogen) atoms. The lowest BCUT2D eigenvalue weighted by atomic mass is 10.2. The second-order valence-corrected chi connectivity index (χ2v) is 5.83. The van der Waals surface area contributed by atoms with E-state index >= 15 is 0 Å². The molecule has 2 heterocycles. The van der Waals surface area contributed by atoms with Crippen LogP contribution in [0.2, 0.25) is 0 Å². The summed E-state index contributed by atoms with van der Waals surface area (Å²) in [5.74, 6) is -1.17. The highest BCUT2D eigenvalue weighted by Gasteiger charge is 2.12. The first kappa shape index (κ1) is 15.2. The number of aromatic carboxylic acids is 1. The number of nitrogens with zero attached hydrogens (tertiary/aromatic N) is 1. The van der Waals surface area contributed by atoms with Crippen LogP contribution in [0.15, 0.2) is 24.4 Å². The van der Waals surface area contributed by atoms with E-state index in [4.69, 9.17) is 5.11 Å². The molecule has 0 saturated heterocycles. The van der Waals surface area contributed by atoms with Crippen molar-refractivity contribution >= 4 is 23.2 Å². The van der Waals surface area contributed by atoms with Crippen molar-refractivity contribution in [3.8, 4) is 0 Å². The van der Waals surface area contributed by atoms with Crippen LogP contribution in [0, 0.1) is 6.92 Å². The van der Waals surface area contributed by atoms with E-state index in [1.54, 1.807) is 0 Å². The van der Waals surface area contributed by atoms with Gasteiger partial charge in [-0.3, -0.25) is 9.78 Å². The second kappa shape index (κ2) is 6.49. The summed E-state index contributed by atoms with van der Waals surface area (Å²) in [7, 11) is 0. The highest BCUT2D eigenvalue weighted by Crippen LogP contribution is 2.21. The molecule has 0 aliphatic carbocycles. The number of pyridine rings is 1. The van der Waals surface area contributed by atoms with E-state index < -0.39 is 5.97 Å². The summed E-state index contributed by atoms with van der Waals surface area (Å²) in [5.41, 5.74) is 1.86. The van der Waals surface area contributed by atoms with E-state index in [0.717, 1.165) is 11.3 Å². The number of carboxylic acids is 1. The molecule has 0 spiro atoms. The molecule has 2 N–H and O–H groups in total. The molecule has 0 bridgehead atoms. The average molecular weight is 304 g/mol. The summed E-state index contributed by atoms with van der Waals surface area (Å²) >= 11 is 1.46. The molecule has 2 aromatic rings. The number of aromatic nitrogens is 1. The number of carbonyl (C=O) groups excluding carboxylic acids is 1. The molecule has 0 unspecified atom stereocenters. The lowest BCUT2D eigenvalue weighted by Crippen LogP contribution is -2.22. The van der Waals surface area contributed by atoms with Gasteiger partial charge >= 0.3 is 5.97 Å². The number of hydrogen-bond acceptors (Lipinski definition) is 4. The summed E-state index contributed by atoms with van der Waals surface area (Å²) in [6, 6.07) is 4.78. The van der Waals surface area contributed by atoms with E-state index in [1.807, 2.05) is 13.0 Å². The summed E-state index contributed by atoms with van der Waals surface area (Å²) in [5, 5.41) is 11.7. The van der Waals surface area contributed by atoms with Gasteiger partial charge in [0.2, 0.25) is 0 Å². The molecule has 0 radical (unpaired) electrons. The third-order valence-corrected chi connectivity index (χ3v) is 4.21. The van der Waals surface area contributed by atoms with E-state index in [9.17, 15) is 9.59 Å². The van der Waals surface area contributed by atoms with Crippen molar-refractivity contribution in [3.05, 3.63) is 51.0 Å². The largest absolute Gasteiger partial charge is 0.478 e. The van der Waals surface area contributed by atoms with Crippen molar-refractivity contribution < 1.29 is 14.7 Å². The fourth-order valence-corrected chi connectivity index (χ4v) is 2.98. The van der Waals surface area contributed by atoms with Crippen molar-refractivity contribution in [2.45, 2.75) is 26.8 Å². The van der Waals surface area contributed by atoms with E-state index in [1.165, 1.54) is 35.2 Å². The van der Waals surface area contributed by atoms with Gasteiger partial charge in [0, 0.05) is 11.1 Å². The molecule has 0 aromatic carbocycles. The fraction of sp³-hybridized carbons (Fsp3) is 0.267. The number of thiophene rings is 1. The minimum atomic E-state index is -1.01. The number of carboxylic acid groups (broad SMARTS) is 1. The number of nitrogens with one attached hydrogen (secondary N) is 1. The van der Waals surface area contributed by atoms with Gasteiger partial charge in [-0.15, -0.1) is 11.3 Å². The average Bonchev–Trinajstić information content (AvgIpc) is 2.86. The number of amides is 1. The highest BCUT2D eigenvalue weighted by atomic mass is 32.1. The lowest BCUT2D eigenvalue weighted by molar-refractivity contribution is 0.0696. The third-order valence-electron chi connectivity index (χ3n) is 3.12. The van der Waals surface area contributed by atoms with Crippen LogP contribution in [0.25, 0.3) is 0 Å². The Morgan fingerprint density at radius 2 is 2.14 bits per heavy atom. The Hall–Kier alpha value is -2.21. The molecule has 0 aliphatic rings. The van der Waals surface area contributed by atoms with Gasteiger partial charge in [0.25, 0.3) is 5.91 Å². The first-order valence-corrected chi connectivity index (χ1v) is 7.38. The fourth-order valence-electron chi connectivity index (χ4n) is 1.95. The monoisotopic (exact) mass is 304 g/mol. The van der Waals surface area contributed by atoms with E-state index in [-0.39, 0.29) is 18.0 Å². The number of rotatable bonds is 5. The quantitative estimate of drug-likeness (QED) is 0.890. The summed E-state index contributed by atoms with van der Waals surface area (Å²) < 4.78 is 0. The van der Waals surface area contributed by atoms with Gasteiger partial charge in [0.05, 0.1) is 22.7 Å².